The van der Waals surface area contributed by atoms with Crippen molar-refractivity contribution in [3.8, 4) is 11.1 Å². The van der Waals surface area contributed by atoms with Crippen molar-refractivity contribution in [3.05, 3.63) is 95.1 Å². The standard InChI is InChI=1S/C26H24N2O4/c1-31-25(29)18-12-13-24(27)17(15-18)7-6-14-28-26(30)32-16-23-21-10-4-2-8-19(21)20-9-3-5-11-22(20)23/h2-13,15,23H,14,16,27H2,1H3,(H,28,30). The molecule has 0 heterocycles. The normalized spacial score (nSPS) is 12.3. The Morgan fingerprint density at radius 2 is 1.66 bits per heavy atom. The fraction of sp³-hybridized carbons (Fsp3) is 0.154. The summed E-state index contributed by atoms with van der Waals surface area (Å²) >= 11 is 0. The van der Waals surface area contributed by atoms with E-state index in [0.29, 0.717) is 16.8 Å². The number of ether oxygens (including phenoxy) is 2. The van der Waals surface area contributed by atoms with E-state index in [0.717, 1.165) is 0 Å². The average Bonchev–Trinajstić information content (AvgIpc) is 3.14. The molecule has 0 radical (unpaired) electrons. The van der Waals surface area contributed by atoms with Crippen molar-refractivity contribution in [2.24, 2.45) is 0 Å². The van der Waals surface area contributed by atoms with Crippen LogP contribution in [0.3, 0.4) is 0 Å². The maximum Gasteiger partial charge on any atom is 0.407 e. The number of carbonyl (C=O) groups excluding carboxylic acids is 2. The molecule has 3 N–H and O–H groups in total. The van der Waals surface area contributed by atoms with E-state index < -0.39 is 12.1 Å². The van der Waals surface area contributed by atoms with Crippen LogP contribution in [-0.2, 0) is 9.47 Å². The maximum absolute atomic E-state index is 12.2. The lowest BCUT2D eigenvalue weighted by Crippen LogP contribution is -2.26. The highest BCUT2D eigenvalue weighted by atomic mass is 16.5. The minimum atomic E-state index is -0.493. The number of nitrogens with two attached hydrogens (primary N) is 1. The third kappa shape index (κ3) is 4.34. The van der Waals surface area contributed by atoms with Crippen LogP contribution in [0.4, 0.5) is 10.5 Å². The second-order valence-corrected chi connectivity index (χ2v) is 7.44. The number of benzene rings is 3. The van der Waals surface area contributed by atoms with Crippen LogP contribution >= 0.6 is 0 Å². The molecule has 0 spiro atoms. The second-order valence-electron chi connectivity index (χ2n) is 7.44. The van der Waals surface area contributed by atoms with Gasteiger partial charge < -0.3 is 20.5 Å². The summed E-state index contributed by atoms with van der Waals surface area (Å²) < 4.78 is 10.2. The SMILES string of the molecule is COC(=O)c1ccc(N)c(C=CCNC(=O)OCC2c3ccccc3-c3ccccc32)c1. The van der Waals surface area contributed by atoms with Crippen LogP contribution in [0, 0.1) is 0 Å². The van der Waals surface area contributed by atoms with Crippen molar-refractivity contribution < 1.29 is 19.1 Å². The molecule has 3 aromatic carbocycles. The molecule has 0 aliphatic heterocycles. The van der Waals surface area contributed by atoms with E-state index in [4.69, 9.17) is 15.2 Å². The Morgan fingerprint density at radius 1 is 1.00 bits per heavy atom. The molecule has 4 rings (SSSR count). The molecule has 0 fully saturated rings. The van der Waals surface area contributed by atoms with E-state index in [-0.39, 0.29) is 19.1 Å². The number of methoxy groups -OCH3 is 1. The molecule has 6 heteroatoms. The van der Waals surface area contributed by atoms with Gasteiger partial charge in [0.2, 0.25) is 0 Å². The van der Waals surface area contributed by atoms with Gasteiger partial charge in [0.25, 0.3) is 0 Å². The van der Waals surface area contributed by atoms with E-state index in [1.54, 1.807) is 30.4 Å². The zero-order valence-electron chi connectivity index (χ0n) is 17.7. The van der Waals surface area contributed by atoms with Gasteiger partial charge >= 0.3 is 12.1 Å². The molecule has 1 amide bonds. The van der Waals surface area contributed by atoms with Gasteiger partial charge in [0.1, 0.15) is 6.61 Å². The van der Waals surface area contributed by atoms with Gasteiger partial charge in [0, 0.05) is 18.2 Å². The number of esters is 1. The average molecular weight is 428 g/mol. The van der Waals surface area contributed by atoms with Crippen molar-refractivity contribution in [2.75, 3.05) is 26.0 Å². The molecular weight excluding hydrogens is 404 g/mol. The van der Waals surface area contributed by atoms with Gasteiger partial charge in [0.05, 0.1) is 12.7 Å². The van der Waals surface area contributed by atoms with Crippen molar-refractivity contribution in [1.29, 1.82) is 0 Å². The summed E-state index contributed by atoms with van der Waals surface area (Å²) in [6.07, 6.45) is 2.99. The fourth-order valence-corrected chi connectivity index (χ4v) is 3.94. The van der Waals surface area contributed by atoms with Crippen LogP contribution in [0.5, 0.6) is 0 Å². The van der Waals surface area contributed by atoms with Crippen molar-refractivity contribution in [1.82, 2.24) is 5.32 Å². The summed E-state index contributed by atoms with van der Waals surface area (Å²) in [7, 11) is 1.33. The largest absolute Gasteiger partial charge is 0.465 e. The van der Waals surface area contributed by atoms with Gasteiger partial charge in [-0.3, -0.25) is 0 Å². The molecule has 3 aromatic rings. The molecule has 0 aromatic heterocycles. The van der Waals surface area contributed by atoms with Crippen LogP contribution in [0.25, 0.3) is 17.2 Å². The van der Waals surface area contributed by atoms with E-state index in [1.807, 2.05) is 24.3 Å². The summed E-state index contributed by atoms with van der Waals surface area (Å²) in [5.41, 5.74) is 12.3. The third-order valence-corrected chi connectivity index (χ3v) is 5.51. The van der Waals surface area contributed by atoms with Crippen LogP contribution in [0.1, 0.15) is 33.0 Å². The summed E-state index contributed by atoms with van der Waals surface area (Å²) in [6, 6.07) is 21.3. The minimum Gasteiger partial charge on any atom is -0.465 e. The number of alkyl carbamates (subject to hydrolysis) is 1. The predicted octanol–water partition coefficient (Wildman–Crippen LogP) is 4.61. The van der Waals surface area contributed by atoms with E-state index >= 15 is 0 Å². The van der Waals surface area contributed by atoms with Gasteiger partial charge in [-0.15, -0.1) is 0 Å². The van der Waals surface area contributed by atoms with Gasteiger partial charge in [0.15, 0.2) is 0 Å². The quantitative estimate of drug-likeness (QED) is 0.442. The molecule has 0 bridgehead atoms. The first-order chi connectivity index (χ1) is 15.6. The number of anilines is 1. The topological polar surface area (TPSA) is 90.6 Å². The number of fused-ring (bicyclic) bond motifs is 3. The Labute approximate surface area is 186 Å². The summed E-state index contributed by atoms with van der Waals surface area (Å²) in [5, 5.41) is 2.71. The molecule has 162 valence electrons. The Balaban J connectivity index is 1.33. The number of nitrogens with one attached hydrogen (secondary N) is 1. The number of carbonyl (C=O) groups is 2. The monoisotopic (exact) mass is 428 g/mol. The van der Waals surface area contributed by atoms with Crippen LogP contribution in [0.2, 0.25) is 0 Å². The highest BCUT2D eigenvalue weighted by Gasteiger charge is 2.28. The lowest BCUT2D eigenvalue weighted by atomic mass is 9.98. The van der Waals surface area contributed by atoms with Crippen molar-refractivity contribution in [3.63, 3.8) is 0 Å². The molecule has 0 saturated carbocycles. The molecule has 0 atom stereocenters. The molecular formula is C26H24N2O4. The maximum atomic E-state index is 12.2. The smallest absolute Gasteiger partial charge is 0.407 e. The number of hydrogen-bond donors (Lipinski definition) is 2. The number of nitrogen functional groups attached to an aromatic ring is 1. The Hall–Kier alpha value is -4.06. The van der Waals surface area contributed by atoms with E-state index in [9.17, 15) is 9.59 Å². The number of hydrogen-bond acceptors (Lipinski definition) is 5. The number of rotatable bonds is 6. The van der Waals surface area contributed by atoms with Crippen LogP contribution in [-0.4, -0.2) is 32.3 Å². The first-order valence-corrected chi connectivity index (χ1v) is 10.3. The molecule has 1 aliphatic carbocycles. The molecule has 1 aliphatic rings. The summed E-state index contributed by atoms with van der Waals surface area (Å²) in [4.78, 5) is 23.9. The highest BCUT2D eigenvalue weighted by molar-refractivity contribution is 5.91. The predicted molar refractivity (Wildman–Crippen MR) is 124 cm³/mol. The molecule has 0 unspecified atom stereocenters. The number of amides is 1. The molecule has 6 nitrogen and oxygen atoms in total. The first kappa shape index (κ1) is 21.2. The Kier molecular flexibility index (Phi) is 6.22. The Bertz CT molecular complexity index is 1140. The van der Waals surface area contributed by atoms with Gasteiger partial charge in [-0.05, 0) is 46.0 Å². The summed E-state index contributed by atoms with van der Waals surface area (Å²) in [6.45, 7) is 0.524. The molecule has 0 saturated heterocycles. The van der Waals surface area contributed by atoms with Gasteiger partial charge in [-0.25, -0.2) is 9.59 Å². The van der Waals surface area contributed by atoms with E-state index in [1.165, 1.54) is 29.4 Å². The minimum absolute atomic E-state index is 0.0181. The highest BCUT2D eigenvalue weighted by Crippen LogP contribution is 2.44. The lowest BCUT2D eigenvalue weighted by Gasteiger charge is -2.14. The van der Waals surface area contributed by atoms with E-state index in [2.05, 4.69) is 29.6 Å². The Morgan fingerprint density at radius 3 is 2.31 bits per heavy atom. The van der Waals surface area contributed by atoms with Crippen molar-refractivity contribution >= 4 is 23.8 Å². The van der Waals surface area contributed by atoms with Crippen LogP contribution < -0.4 is 11.1 Å². The lowest BCUT2D eigenvalue weighted by molar-refractivity contribution is 0.0600. The third-order valence-electron chi connectivity index (χ3n) is 5.51. The zero-order valence-corrected chi connectivity index (χ0v) is 17.7. The zero-order chi connectivity index (χ0) is 22.5. The van der Waals surface area contributed by atoms with Gasteiger partial charge in [-0.2, -0.15) is 0 Å². The summed E-state index contributed by atoms with van der Waals surface area (Å²) in [5.74, 6) is -0.416. The van der Waals surface area contributed by atoms with Crippen molar-refractivity contribution in [2.45, 2.75) is 5.92 Å². The fourth-order valence-electron chi connectivity index (χ4n) is 3.94. The molecule has 32 heavy (non-hydrogen) atoms. The second kappa shape index (κ2) is 9.39. The van der Waals surface area contributed by atoms with Crippen LogP contribution in [0.15, 0.2) is 72.8 Å². The van der Waals surface area contributed by atoms with Gasteiger partial charge in [-0.1, -0.05) is 60.7 Å². The first-order valence-electron chi connectivity index (χ1n) is 10.3.